The molecule has 2 fully saturated rings. The molecule has 4 aliphatic rings. The fourth-order valence-electron chi connectivity index (χ4n) is 7.74. The van der Waals surface area contributed by atoms with E-state index in [0.29, 0.717) is 53.8 Å². The topological polar surface area (TPSA) is 79.3 Å². The summed E-state index contributed by atoms with van der Waals surface area (Å²) in [7, 11) is 1.80. The van der Waals surface area contributed by atoms with Gasteiger partial charge < -0.3 is 19.5 Å². The first-order valence-electron chi connectivity index (χ1n) is 13.4. The minimum absolute atomic E-state index is 0.0725. The summed E-state index contributed by atoms with van der Waals surface area (Å²) in [5, 5.41) is 13.5. The van der Waals surface area contributed by atoms with Crippen LogP contribution in [0.4, 0.5) is 0 Å². The van der Waals surface area contributed by atoms with Crippen molar-refractivity contribution in [2.75, 3.05) is 20.1 Å². The third kappa shape index (κ3) is 3.85. The third-order valence-electron chi connectivity index (χ3n) is 9.37. The van der Waals surface area contributed by atoms with Gasteiger partial charge in [-0.1, -0.05) is 41.4 Å². The lowest BCUT2D eigenvalue weighted by Gasteiger charge is -2.64. The van der Waals surface area contributed by atoms with Gasteiger partial charge in [0.15, 0.2) is 11.5 Å². The van der Waals surface area contributed by atoms with Gasteiger partial charge in [-0.25, -0.2) is 0 Å². The number of piperidine rings is 1. The Morgan fingerprint density at radius 3 is 2.77 bits per heavy atom. The minimum atomic E-state index is -1.06. The van der Waals surface area contributed by atoms with Crippen molar-refractivity contribution in [1.82, 2.24) is 9.80 Å². The fourth-order valence-corrected chi connectivity index (χ4v) is 8.07. The molecule has 1 N–H and O–H groups in total. The number of halogens is 2. The van der Waals surface area contributed by atoms with E-state index in [-0.39, 0.29) is 24.4 Å². The Hall–Kier alpha value is -2.58. The number of amides is 1. The van der Waals surface area contributed by atoms with E-state index >= 15 is 0 Å². The van der Waals surface area contributed by atoms with Crippen LogP contribution < -0.4 is 9.47 Å². The number of hydrogen-bond acceptors (Lipinski definition) is 6. The first kappa shape index (κ1) is 26.6. The number of carbonyl (C=O) groups excluding carboxylic acids is 2. The van der Waals surface area contributed by atoms with Crippen LogP contribution in [0.2, 0.25) is 10.0 Å². The summed E-state index contributed by atoms with van der Waals surface area (Å²) in [6.45, 7) is 6.76. The summed E-state index contributed by atoms with van der Waals surface area (Å²) in [6, 6.07) is 8.61. The number of ether oxygens (including phenoxy) is 2. The van der Waals surface area contributed by atoms with Gasteiger partial charge in [0.05, 0.1) is 33.5 Å². The molecule has 1 amide bonds. The molecule has 6 rings (SSSR count). The number of likely N-dealkylation sites (N-methyl/N-ethyl adjacent to an activating group) is 1. The van der Waals surface area contributed by atoms with E-state index < -0.39 is 23.1 Å². The van der Waals surface area contributed by atoms with Crippen molar-refractivity contribution in [3.05, 3.63) is 69.7 Å². The normalized spacial score (nSPS) is 30.2. The van der Waals surface area contributed by atoms with Gasteiger partial charge in [-0.3, -0.25) is 14.5 Å². The molecule has 2 aromatic carbocycles. The van der Waals surface area contributed by atoms with Crippen LogP contribution in [0.3, 0.4) is 0 Å². The maximum atomic E-state index is 13.6. The Kier molecular flexibility index (Phi) is 6.50. The summed E-state index contributed by atoms with van der Waals surface area (Å²) < 4.78 is 12.3. The quantitative estimate of drug-likeness (QED) is 0.316. The summed E-state index contributed by atoms with van der Waals surface area (Å²) in [5.41, 5.74) is 1.03. The van der Waals surface area contributed by atoms with Crippen molar-refractivity contribution in [2.24, 2.45) is 0 Å². The number of likely N-dealkylation sites (tertiary alicyclic amines) is 1. The van der Waals surface area contributed by atoms with Crippen molar-refractivity contribution >= 4 is 35.1 Å². The maximum absolute atomic E-state index is 13.6. The van der Waals surface area contributed by atoms with Crippen molar-refractivity contribution in [1.29, 1.82) is 0 Å². The van der Waals surface area contributed by atoms with Gasteiger partial charge in [0.25, 0.3) is 0 Å². The molecule has 2 bridgehead atoms. The van der Waals surface area contributed by atoms with Crippen LogP contribution in [-0.4, -0.2) is 70.7 Å². The number of benzene rings is 2. The zero-order valence-corrected chi connectivity index (χ0v) is 23.6. The first-order chi connectivity index (χ1) is 18.6. The van der Waals surface area contributed by atoms with E-state index in [4.69, 9.17) is 32.7 Å². The lowest BCUT2D eigenvalue weighted by molar-refractivity contribution is -0.198. The first-order valence-corrected chi connectivity index (χ1v) is 14.1. The third-order valence-corrected chi connectivity index (χ3v) is 10.1. The molecule has 0 unspecified atom stereocenters. The Labute approximate surface area is 238 Å². The van der Waals surface area contributed by atoms with Crippen LogP contribution in [0, 0.1) is 0 Å². The number of rotatable bonds is 6. The van der Waals surface area contributed by atoms with Crippen LogP contribution in [0.15, 0.2) is 43.0 Å². The Bertz CT molecular complexity index is 1380. The standard InChI is InChI=1S/C30H32Cl2N2O5/c1-4-12-34-13-11-29-26-19-6-8-23(38-17(2)35)27(26)39-28(29)22(9-10-30(29,37)24(34)16-19)33(3)25(36)15-18-5-7-20(31)21(32)14-18/h4-8,14,22,24,28,37H,1,9-13,15-16H2,2-3H3/t22-,24-,28+,29+,30-/m1/s1. The summed E-state index contributed by atoms with van der Waals surface area (Å²) in [6.07, 6.45) is 4.00. The van der Waals surface area contributed by atoms with E-state index in [9.17, 15) is 14.7 Å². The highest BCUT2D eigenvalue weighted by atomic mass is 35.5. The molecule has 9 heteroatoms. The molecule has 2 aliphatic carbocycles. The summed E-state index contributed by atoms with van der Waals surface area (Å²) >= 11 is 12.3. The van der Waals surface area contributed by atoms with Crippen LogP contribution >= 0.6 is 23.2 Å². The predicted molar refractivity (Wildman–Crippen MR) is 149 cm³/mol. The number of nitrogens with zero attached hydrogens (tertiary/aromatic N) is 2. The Balaban J connectivity index is 1.41. The zero-order chi connectivity index (χ0) is 27.7. The molecule has 2 heterocycles. The van der Waals surface area contributed by atoms with Crippen LogP contribution in [0.5, 0.6) is 11.5 Å². The maximum Gasteiger partial charge on any atom is 0.308 e. The van der Waals surface area contributed by atoms with Gasteiger partial charge in [-0.15, -0.1) is 6.58 Å². The van der Waals surface area contributed by atoms with Crippen molar-refractivity contribution in [2.45, 2.75) is 68.2 Å². The monoisotopic (exact) mass is 570 g/mol. The van der Waals surface area contributed by atoms with Crippen molar-refractivity contribution < 1.29 is 24.2 Å². The molecule has 2 aromatic rings. The van der Waals surface area contributed by atoms with Crippen LogP contribution in [-0.2, 0) is 27.8 Å². The van der Waals surface area contributed by atoms with E-state index in [2.05, 4.69) is 11.5 Å². The van der Waals surface area contributed by atoms with E-state index in [1.807, 2.05) is 12.1 Å². The highest BCUT2D eigenvalue weighted by Gasteiger charge is 2.73. The molecular weight excluding hydrogens is 539 g/mol. The SMILES string of the molecule is C=CCN1CC[C@]23c4c5ccc(OC(C)=O)c4O[C@H]2[C@H](N(C)C(=O)Cc2ccc(Cl)c(Cl)c2)CC[C@@]3(O)[C@H]1C5. The van der Waals surface area contributed by atoms with Gasteiger partial charge in [-0.05, 0) is 61.6 Å². The molecule has 1 saturated carbocycles. The molecule has 5 atom stereocenters. The van der Waals surface area contributed by atoms with Gasteiger partial charge >= 0.3 is 5.97 Å². The average molecular weight is 572 g/mol. The molecule has 1 saturated heterocycles. The molecule has 1 spiro atoms. The lowest BCUT2D eigenvalue weighted by Crippen LogP contribution is -2.78. The van der Waals surface area contributed by atoms with E-state index in [0.717, 1.165) is 23.2 Å². The molecule has 206 valence electrons. The van der Waals surface area contributed by atoms with Gasteiger partial charge in [0, 0.05) is 32.1 Å². The Morgan fingerprint density at radius 2 is 2.05 bits per heavy atom. The smallest absolute Gasteiger partial charge is 0.308 e. The number of carbonyl (C=O) groups is 2. The highest BCUT2D eigenvalue weighted by molar-refractivity contribution is 6.42. The second-order valence-corrected chi connectivity index (χ2v) is 12.1. The van der Waals surface area contributed by atoms with Crippen LogP contribution in [0.25, 0.3) is 0 Å². The van der Waals surface area contributed by atoms with Crippen molar-refractivity contribution in [3.8, 4) is 11.5 Å². The molecule has 0 radical (unpaired) electrons. The number of aliphatic hydroxyl groups is 1. The highest BCUT2D eigenvalue weighted by Crippen LogP contribution is 2.66. The minimum Gasteiger partial charge on any atom is -0.483 e. The average Bonchev–Trinajstić information content (AvgIpc) is 3.24. The lowest BCUT2D eigenvalue weighted by atomic mass is 9.48. The summed E-state index contributed by atoms with van der Waals surface area (Å²) in [5.74, 6) is 0.385. The number of hydrogen-bond donors (Lipinski definition) is 1. The van der Waals surface area contributed by atoms with Gasteiger partial charge in [0.2, 0.25) is 5.91 Å². The molecule has 39 heavy (non-hydrogen) atoms. The fraction of sp³-hybridized carbons (Fsp3) is 0.467. The number of esters is 1. The largest absolute Gasteiger partial charge is 0.483 e. The molecule has 2 aliphatic heterocycles. The second-order valence-electron chi connectivity index (χ2n) is 11.2. The Morgan fingerprint density at radius 1 is 1.26 bits per heavy atom. The molecule has 0 aromatic heterocycles. The zero-order valence-electron chi connectivity index (χ0n) is 22.1. The van der Waals surface area contributed by atoms with Crippen molar-refractivity contribution in [3.63, 3.8) is 0 Å². The predicted octanol–water partition coefficient (Wildman–Crippen LogP) is 4.33. The van der Waals surface area contributed by atoms with Crippen LogP contribution in [0.1, 0.15) is 42.9 Å². The second kappa shape index (κ2) is 9.51. The van der Waals surface area contributed by atoms with Gasteiger partial charge in [-0.2, -0.15) is 0 Å². The molecule has 7 nitrogen and oxygen atoms in total. The van der Waals surface area contributed by atoms with E-state index in [1.54, 1.807) is 36.2 Å². The van der Waals surface area contributed by atoms with E-state index in [1.165, 1.54) is 6.92 Å². The summed E-state index contributed by atoms with van der Waals surface area (Å²) in [4.78, 5) is 29.6. The van der Waals surface area contributed by atoms with Gasteiger partial charge in [0.1, 0.15) is 6.10 Å². The molecular formula is C30H32Cl2N2O5.